The first-order valence-corrected chi connectivity index (χ1v) is 9.31. The van der Waals surface area contributed by atoms with Gasteiger partial charge in [0.25, 0.3) is 0 Å². The highest BCUT2D eigenvalue weighted by molar-refractivity contribution is 6.00. The van der Waals surface area contributed by atoms with Gasteiger partial charge >= 0.3 is 0 Å². The maximum atomic E-state index is 11.4. The molecule has 0 unspecified atom stereocenters. The zero-order chi connectivity index (χ0) is 20.9. The molecule has 0 spiro atoms. The van der Waals surface area contributed by atoms with Crippen molar-refractivity contribution in [2.45, 2.75) is 27.7 Å². The van der Waals surface area contributed by atoms with Gasteiger partial charge in [0.2, 0.25) is 0 Å². The van der Waals surface area contributed by atoms with E-state index < -0.39 is 0 Å². The van der Waals surface area contributed by atoms with Crippen LogP contribution < -0.4 is 5.32 Å². The number of ketones is 1. The molecule has 146 valence electrons. The van der Waals surface area contributed by atoms with Gasteiger partial charge in [-0.15, -0.1) is 0 Å². The summed E-state index contributed by atoms with van der Waals surface area (Å²) in [5.41, 5.74) is 5.42. The maximum absolute atomic E-state index is 11.4. The lowest BCUT2D eigenvalue weighted by molar-refractivity contribution is 0.101. The summed E-state index contributed by atoms with van der Waals surface area (Å²) in [6.07, 6.45) is 2.34. The molecule has 0 radical (unpaired) electrons. The van der Waals surface area contributed by atoms with E-state index in [4.69, 9.17) is 0 Å². The van der Waals surface area contributed by atoms with Gasteiger partial charge in [0.1, 0.15) is 0 Å². The number of carbonyl (C=O) groups excluding carboxylic acids is 2. The van der Waals surface area contributed by atoms with E-state index in [0.29, 0.717) is 5.56 Å². The van der Waals surface area contributed by atoms with E-state index in [1.165, 1.54) is 0 Å². The number of carbonyl (C=O) groups is 2. The lowest BCUT2D eigenvalue weighted by Crippen LogP contribution is -2.00. The quantitative estimate of drug-likeness (QED) is 0.460. The third kappa shape index (κ3) is 6.80. The molecule has 0 fully saturated rings. The Labute approximate surface area is 167 Å². The van der Waals surface area contributed by atoms with Gasteiger partial charge in [-0.2, -0.15) is 0 Å². The molecule has 4 nitrogen and oxygen atoms in total. The van der Waals surface area contributed by atoms with E-state index in [9.17, 15) is 9.59 Å². The number of benzene rings is 2. The highest BCUT2D eigenvalue weighted by Gasteiger charge is 2.07. The molecule has 2 aromatic carbocycles. The Morgan fingerprint density at radius 2 is 1.64 bits per heavy atom. The molecule has 3 aromatic rings. The average molecular weight is 377 g/mol. The van der Waals surface area contributed by atoms with Gasteiger partial charge in [0, 0.05) is 35.8 Å². The zero-order valence-electron chi connectivity index (χ0n) is 17.2. The SMILES string of the molecule is CC.CNc1cc(-c2ccccc2)ccc1C(C)=O.Cc1ccc(C=O)cn1. The van der Waals surface area contributed by atoms with E-state index in [1.54, 1.807) is 19.2 Å². The Morgan fingerprint density at radius 1 is 0.964 bits per heavy atom. The highest BCUT2D eigenvalue weighted by Crippen LogP contribution is 2.25. The Hall–Kier alpha value is -3.27. The molecule has 3 rings (SSSR count). The Morgan fingerprint density at radius 3 is 2.14 bits per heavy atom. The second-order valence-corrected chi connectivity index (χ2v) is 5.78. The normalized spacial score (nSPS) is 9.18. The predicted molar refractivity (Wildman–Crippen MR) is 117 cm³/mol. The van der Waals surface area contributed by atoms with Crippen molar-refractivity contribution < 1.29 is 9.59 Å². The van der Waals surface area contributed by atoms with E-state index in [2.05, 4.69) is 22.4 Å². The highest BCUT2D eigenvalue weighted by atomic mass is 16.1. The first kappa shape index (κ1) is 22.8. The van der Waals surface area contributed by atoms with Crippen LogP contribution in [0.15, 0.2) is 66.9 Å². The summed E-state index contributed by atoms with van der Waals surface area (Å²) in [4.78, 5) is 25.4. The van der Waals surface area contributed by atoms with Crippen LogP contribution in [0.4, 0.5) is 5.69 Å². The summed E-state index contributed by atoms with van der Waals surface area (Å²) in [5, 5.41) is 3.07. The second-order valence-electron chi connectivity index (χ2n) is 5.78. The maximum Gasteiger partial charge on any atom is 0.161 e. The Bertz CT molecular complexity index is 873. The van der Waals surface area contributed by atoms with Crippen molar-refractivity contribution in [1.29, 1.82) is 0 Å². The van der Waals surface area contributed by atoms with Gasteiger partial charge in [-0.1, -0.05) is 50.2 Å². The van der Waals surface area contributed by atoms with Gasteiger partial charge in [-0.3, -0.25) is 14.6 Å². The van der Waals surface area contributed by atoms with E-state index in [-0.39, 0.29) is 5.78 Å². The number of Topliss-reactive ketones (excluding diaryl/α,β-unsaturated/α-hetero) is 1. The summed E-state index contributed by atoms with van der Waals surface area (Å²) in [6, 6.07) is 19.5. The number of aromatic nitrogens is 1. The number of rotatable bonds is 4. The number of pyridine rings is 1. The number of anilines is 1. The molecule has 1 aromatic heterocycles. The van der Waals surface area contributed by atoms with E-state index in [1.807, 2.05) is 70.3 Å². The molecule has 4 heteroatoms. The molecule has 0 aliphatic rings. The number of hydrogen-bond donors (Lipinski definition) is 1. The van der Waals surface area contributed by atoms with Crippen molar-refractivity contribution in [1.82, 2.24) is 4.98 Å². The summed E-state index contributed by atoms with van der Waals surface area (Å²) >= 11 is 0. The molecule has 0 amide bonds. The number of nitrogens with one attached hydrogen (secondary N) is 1. The molecule has 0 aliphatic carbocycles. The van der Waals surface area contributed by atoms with Gasteiger partial charge in [0.05, 0.1) is 0 Å². The van der Waals surface area contributed by atoms with Crippen molar-refractivity contribution in [3.63, 3.8) is 0 Å². The monoisotopic (exact) mass is 376 g/mol. The van der Waals surface area contributed by atoms with Crippen LogP contribution in [0, 0.1) is 6.92 Å². The third-order valence-corrected chi connectivity index (χ3v) is 3.85. The molecule has 1 heterocycles. The number of aryl methyl sites for hydroxylation is 1. The minimum atomic E-state index is 0.0777. The molecular formula is C24H28N2O2. The largest absolute Gasteiger partial charge is 0.388 e. The Balaban J connectivity index is 0.000000301. The van der Waals surface area contributed by atoms with Gasteiger partial charge in [-0.25, -0.2) is 0 Å². The topological polar surface area (TPSA) is 59.1 Å². The first-order valence-electron chi connectivity index (χ1n) is 9.31. The summed E-state index contributed by atoms with van der Waals surface area (Å²) in [6.45, 7) is 7.47. The summed E-state index contributed by atoms with van der Waals surface area (Å²) < 4.78 is 0. The van der Waals surface area contributed by atoms with Gasteiger partial charge in [0.15, 0.2) is 12.1 Å². The molecule has 1 N–H and O–H groups in total. The molecule has 0 saturated heterocycles. The lowest BCUT2D eigenvalue weighted by atomic mass is 10.0. The third-order valence-electron chi connectivity index (χ3n) is 3.85. The van der Waals surface area contributed by atoms with Crippen molar-refractivity contribution in [3.8, 4) is 11.1 Å². The lowest BCUT2D eigenvalue weighted by Gasteiger charge is -2.09. The molecule has 0 aliphatic heterocycles. The molecule has 0 bridgehead atoms. The van der Waals surface area contributed by atoms with Crippen LogP contribution in [0.25, 0.3) is 11.1 Å². The molecular weight excluding hydrogens is 348 g/mol. The van der Waals surface area contributed by atoms with Gasteiger partial charge in [-0.05, 0) is 49.2 Å². The van der Waals surface area contributed by atoms with Crippen LogP contribution in [0.3, 0.4) is 0 Å². The molecule has 0 atom stereocenters. The molecule has 28 heavy (non-hydrogen) atoms. The summed E-state index contributed by atoms with van der Waals surface area (Å²) in [7, 11) is 1.83. The number of aldehydes is 1. The fraction of sp³-hybridized carbons (Fsp3) is 0.208. The minimum absolute atomic E-state index is 0.0777. The van der Waals surface area contributed by atoms with Crippen molar-refractivity contribution in [3.05, 3.63) is 83.7 Å². The average Bonchev–Trinajstić information content (AvgIpc) is 2.76. The first-order chi connectivity index (χ1) is 13.5. The number of nitrogens with zero attached hydrogens (tertiary/aromatic N) is 1. The zero-order valence-corrected chi connectivity index (χ0v) is 17.2. The van der Waals surface area contributed by atoms with Crippen LogP contribution in [0.2, 0.25) is 0 Å². The fourth-order valence-electron chi connectivity index (χ4n) is 2.42. The van der Waals surface area contributed by atoms with Crippen LogP contribution in [-0.4, -0.2) is 24.1 Å². The minimum Gasteiger partial charge on any atom is -0.388 e. The second kappa shape index (κ2) is 12.2. The number of hydrogen-bond acceptors (Lipinski definition) is 4. The van der Waals surface area contributed by atoms with E-state index in [0.717, 1.165) is 34.4 Å². The van der Waals surface area contributed by atoms with Crippen LogP contribution in [0.5, 0.6) is 0 Å². The van der Waals surface area contributed by atoms with Crippen LogP contribution in [-0.2, 0) is 0 Å². The van der Waals surface area contributed by atoms with Gasteiger partial charge < -0.3 is 5.32 Å². The fourth-order valence-corrected chi connectivity index (χ4v) is 2.42. The predicted octanol–water partition coefficient (Wildman–Crippen LogP) is 5.83. The van der Waals surface area contributed by atoms with E-state index >= 15 is 0 Å². The van der Waals surface area contributed by atoms with Crippen molar-refractivity contribution in [2.75, 3.05) is 12.4 Å². The van der Waals surface area contributed by atoms with Crippen molar-refractivity contribution in [2.24, 2.45) is 0 Å². The van der Waals surface area contributed by atoms with Crippen molar-refractivity contribution >= 4 is 17.8 Å². The van der Waals surface area contributed by atoms with Crippen LogP contribution in [0.1, 0.15) is 47.2 Å². The standard InChI is InChI=1S/C15H15NO.C7H7NO.C2H6/c1-11(17)14-9-8-13(10-15(14)16-2)12-6-4-3-5-7-12;1-6-2-3-7(5-9)4-8-6;1-2/h3-10,16H,1-2H3;2-5H,1H3;1-2H3. The molecule has 0 saturated carbocycles. The van der Waals surface area contributed by atoms with Crippen LogP contribution >= 0.6 is 0 Å². The smallest absolute Gasteiger partial charge is 0.161 e. The Kier molecular flexibility index (Phi) is 9.90. The summed E-state index contributed by atoms with van der Waals surface area (Å²) in [5.74, 6) is 0.0777.